The molecule has 1 saturated heterocycles. The van der Waals surface area contributed by atoms with Crippen LogP contribution in [0.5, 0.6) is 0 Å². The summed E-state index contributed by atoms with van der Waals surface area (Å²) in [5, 5.41) is 3.28. The minimum atomic E-state index is 0.173. The predicted molar refractivity (Wildman–Crippen MR) is 69.2 cm³/mol. The summed E-state index contributed by atoms with van der Waals surface area (Å²) in [5.41, 5.74) is 1.15. The fourth-order valence-corrected chi connectivity index (χ4v) is 2.08. The SMILES string of the molecule is CCNCc1cccn1CC(=O)N1CCOCC1. The summed E-state index contributed by atoms with van der Waals surface area (Å²) >= 11 is 0. The maximum absolute atomic E-state index is 12.1. The van der Waals surface area contributed by atoms with Gasteiger partial charge in [0.05, 0.1) is 13.2 Å². The molecular formula is C13H21N3O2. The summed E-state index contributed by atoms with van der Waals surface area (Å²) in [6.45, 7) is 6.97. The van der Waals surface area contributed by atoms with Gasteiger partial charge in [-0.15, -0.1) is 0 Å². The molecule has 100 valence electrons. The topological polar surface area (TPSA) is 46.5 Å². The van der Waals surface area contributed by atoms with Crippen molar-refractivity contribution in [2.24, 2.45) is 0 Å². The number of nitrogens with one attached hydrogen (secondary N) is 1. The van der Waals surface area contributed by atoms with E-state index in [-0.39, 0.29) is 5.91 Å². The van der Waals surface area contributed by atoms with Crippen LogP contribution in [0.15, 0.2) is 18.3 Å². The zero-order chi connectivity index (χ0) is 12.8. The maximum Gasteiger partial charge on any atom is 0.242 e. The van der Waals surface area contributed by atoms with Gasteiger partial charge in [0.15, 0.2) is 0 Å². The van der Waals surface area contributed by atoms with Crippen LogP contribution in [-0.4, -0.2) is 48.2 Å². The first-order valence-corrected chi connectivity index (χ1v) is 6.51. The van der Waals surface area contributed by atoms with Crippen LogP contribution in [0.25, 0.3) is 0 Å². The largest absolute Gasteiger partial charge is 0.378 e. The van der Waals surface area contributed by atoms with Crippen LogP contribution in [-0.2, 0) is 22.6 Å². The van der Waals surface area contributed by atoms with E-state index in [1.54, 1.807) is 0 Å². The van der Waals surface area contributed by atoms with Gasteiger partial charge < -0.3 is 19.5 Å². The number of nitrogens with zero attached hydrogens (tertiary/aromatic N) is 2. The number of morpholine rings is 1. The number of carbonyl (C=O) groups excluding carboxylic acids is 1. The highest BCUT2D eigenvalue weighted by molar-refractivity contribution is 5.76. The molecule has 0 aromatic carbocycles. The molecule has 0 atom stereocenters. The number of carbonyl (C=O) groups is 1. The van der Waals surface area contributed by atoms with E-state index in [9.17, 15) is 4.79 Å². The van der Waals surface area contributed by atoms with E-state index in [0.717, 1.165) is 18.8 Å². The van der Waals surface area contributed by atoms with Crippen LogP contribution >= 0.6 is 0 Å². The highest BCUT2D eigenvalue weighted by atomic mass is 16.5. The third-order valence-corrected chi connectivity index (χ3v) is 3.15. The number of aromatic nitrogens is 1. The van der Waals surface area contributed by atoms with Gasteiger partial charge in [0.25, 0.3) is 0 Å². The molecule has 18 heavy (non-hydrogen) atoms. The Bertz CT molecular complexity index is 383. The molecule has 0 saturated carbocycles. The van der Waals surface area contributed by atoms with E-state index in [1.807, 2.05) is 21.7 Å². The lowest BCUT2D eigenvalue weighted by Crippen LogP contribution is -2.42. The quantitative estimate of drug-likeness (QED) is 0.827. The Kier molecular flexibility index (Phi) is 4.78. The van der Waals surface area contributed by atoms with Crippen LogP contribution in [0.3, 0.4) is 0 Å². The van der Waals surface area contributed by atoms with Gasteiger partial charge in [-0.2, -0.15) is 0 Å². The summed E-state index contributed by atoms with van der Waals surface area (Å²) in [7, 11) is 0. The molecule has 5 nitrogen and oxygen atoms in total. The normalized spacial score (nSPS) is 15.9. The summed E-state index contributed by atoms with van der Waals surface area (Å²) in [4.78, 5) is 14.0. The van der Waals surface area contributed by atoms with Gasteiger partial charge in [0, 0.05) is 31.5 Å². The lowest BCUT2D eigenvalue weighted by Gasteiger charge is -2.27. The first-order chi connectivity index (χ1) is 8.81. The second-order valence-electron chi connectivity index (χ2n) is 4.40. The van der Waals surface area contributed by atoms with E-state index >= 15 is 0 Å². The molecule has 1 fully saturated rings. The van der Waals surface area contributed by atoms with Crippen LogP contribution in [0, 0.1) is 0 Å². The van der Waals surface area contributed by atoms with E-state index in [2.05, 4.69) is 18.3 Å². The van der Waals surface area contributed by atoms with Crippen molar-refractivity contribution in [1.29, 1.82) is 0 Å². The van der Waals surface area contributed by atoms with Gasteiger partial charge in [0.1, 0.15) is 6.54 Å². The van der Waals surface area contributed by atoms with Crippen molar-refractivity contribution in [2.45, 2.75) is 20.0 Å². The minimum absolute atomic E-state index is 0.173. The van der Waals surface area contributed by atoms with E-state index in [1.165, 1.54) is 0 Å². The van der Waals surface area contributed by atoms with Crippen LogP contribution in [0.4, 0.5) is 0 Å². The van der Waals surface area contributed by atoms with Crippen molar-refractivity contribution in [3.63, 3.8) is 0 Å². The van der Waals surface area contributed by atoms with Gasteiger partial charge in [-0.3, -0.25) is 4.79 Å². The fraction of sp³-hybridized carbons (Fsp3) is 0.615. The Morgan fingerprint density at radius 2 is 2.22 bits per heavy atom. The van der Waals surface area contributed by atoms with Crippen molar-refractivity contribution < 1.29 is 9.53 Å². The molecule has 1 aromatic rings. The molecule has 1 aromatic heterocycles. The predicted octanol–water partition coefficient (Wildman–Crippen LogP) is 0.456. The standard InChI is InChI=1S/C13H21N3O2/c1-2-14-10-12-4-3-5-16(12)11-13(17)15-6-8-18-9-7-15/h3-5,14H,2,6-11H2,1H3. The molecule has 1 aliphatic rings. The second-order valence-corrected chi connectivity index (χ2v) is 4.40. The number of amides is 1. The van der Waals surface area contributed by atoms with Gasteiger partial charge in [-0.1, -0.05) is 6.92 Å². The molecular weight excluding hydrogens is 230 g/mol. The van der Waals surface area contributed by atoms with Crippen molar-refractivity contribution in [2.75, 3.05) is 32.8 Å². The lowest BCUT2D eigenvalue weighted by atomic mass is 10.3. The number of ether oxygens (including phenoxy) is 1. The molecule has 5 heteroatoms. The summed E-state index contributed by atoms with van der Waals surface area (Å²) in [5.74, 6) is 0.173. The van der Waals surface area contributed by atoms with Gasteiger partial charge in [-0.25, -0.2) is 0 Å². The molecule has 0 bridgehead atoms. The van der Waals surface area contributed by atoms with Crippen LogP contribution in [0.1, 0.15) is 12.6 Å². The van der Waals surface area contributed by atoms with Gasteiger partial charge in [0.2, 0.25) is 5.91 Å². The average Bonchev–Trinajstić information content (AvgIpc) is 2.84. The smallest absolute Gasteiger partial charge is 0.242 e. The third-order valence-electron chi connectivity index (χ3n) is 3.15. The monoisotopic (exact) mass is 251 g/mol. The molecule has 2 heterocycles. The number of hydrogen-bond donors (Lipinski definition) is 1. The summed E-state index contributed by atoms with van der Waals surface area (Å²) in [6, 6.07) is 4.04. The molecule has 0 radical (unpaired) electrons. The first-order valence-electron chi connectivity index (χ1n) is 6.51. The molecule has 1 aliphatic heterocycles. The molecule has 0 unspecified atom stereocenters. The first kappa shape index (κ1) is 13.1. The lowest BCUT2D eigenvalue weighted by molar-refractivity contribution is -0.135. The average molecular weight is 251 g/mol. The van der Waals surface area contributed by atoms with E-state index < -0.39 is 0 Å². The Hall–Kier alpha value is -1.33. The van der Waals surface area contributed by atoms with Crippen molar-refractivity contribution in [1.82, 2.24) is 14.8 Å². The Labute approximate surface area is 108 Å². The Morgan fingerprint density at radius 1 is 1.44 bits per heavy atom. The fourth-order valence-electron chi connectivity index (χ4n) is 2.08. The second kappa shape index (κ2) is 6.56. The molecule has 0 spiro atoms. The number of rotatable bonds is 5. The third kappa shape index (κ3) is 3.34. The Morgan fingerprint density at radius 3 is 2.94 bits per heavy atom. The van der Waals surface area contributed by atoms with Crippen molar-refractivity contribution in [3.05, 3.63) is 24.0 Å². The molecule has 1 N–H and O–H groups in total. The van der Waals surface area contributed by atoms with Gasteiger partial charge >= 0.3 is 0 Å². The van der Waals surface area contributed by atoms with Crippen molar-refractivity contribution >= 4 is 5.91 Å². The van der Waals surface area contributed by atoms with Crippen LogP contribution < -0.4 is 5.32 Å². The number of hydrogen-bond acceptors (Lipinski definition) is 3. The Balaban J connectivity index is 1.91. The zero-order valence-corrected chi connectivity index (χ0v) is 10.9. The van der Waals surface area contributed by atoms with Crippen molar-refractivity contribution in [3.8, 4) is 0 Å². The molecule has 2 rings (SSSR count). The zero-order valence-electron chi connectivity index (χ0n) is 10.9. The van der Waals surface area contributed by atoms with E-state index in [0.29, 0.717) is 32.8 Å². The highest BCUT2D eigenvalue weighted by Crippen LogP contribution is 2.05. The molecule has 1 amide bonds. The van der Waals surface area contributed by atoms with Gasteiger partial charge in [-0.05, 0) is 18.7 Å². The molecule has 0 aliphatic carbocycles. The maximum atomic E-state index is 12.1. The van der Waals surface area contributed by atoms with Crippen LogP contribution in [0.2, 0.25) is 0 Å². The summed E-state index contributed by atoms with van der Waals surface area (Å²) < 4.78 is 7.27. The minimum Gasteiger partial charge on any atom is -0.378 e. The van der Waals surface area contributed by atoms with E-state index in [4.69, 9.17) is 4.74 Å². The summed E-state index contributed by atoms with van der Waals surface area (Å²) in [6.07, 6.45) is 1.96. The highest BCUT2D eigenvalue weighted by Gasteiger charge is 2.17.